The van der Waals surface area contributed by atoms with Gasteiger partial charge in [0.15, 0.2) is 0 Å². The molecule has 0 aromatic carbocycles. The van der Waals surface area contributed by atoms with E-state index >= 15 is 0 Å². The van der Waals surface area contributed by atoms with E-state index in [9.17, 15) is 8.42 Å². The normalized spacial score (nSPS) is 27.9. The van der Waals surface area contributed by atoms with E-state index in [0.29, 0.717) is 23.9 Å². The average Bonchev–Trinajstić information content (AvgIpc) is 2.92. The quantitative estimate of drug-likeness (QED) is 0.803. The van der Waals surface area contributed by atoms with Crippen molar-refractivity contribution in [2.45, 2.75) is 42.7 Å². The molecule has 2 unspecified atom stereocenters. The lowest BCUT2D eigenvalue weighted by Gasteiger charge is -2.31. The third-order valence-corrected chi connectivity index (χ3v) is 7.27. The maximum Gasteiger partial charge on any atom is 0.244 e. The zero-order valence-corrected chi connectivity index (χ0v) is 13.0. The molecule has 1 aromatic heterocycles. The van der Waals surface area contributed by atoms with Crippen molar-refractivity contribution < 1.29 is 13.2 Å². The highest BCUT2D eigenvalue weighted by molar-refractivity contribution is 7.89. The van der Waals surface area contributed by atoms with Gasteiger partial charge >= 0.3 is 0 Å². The molecule has 3 heterocycles. The number of nitrogens with zero attached hydrogens (tertiary/aromatic N) is 1. The number of hydrogen-bond acceptors (Lipinski definition) is 4. The highest BCUT2D eigenvalue weighted by Crippen LogP contribution is 2.33. The van der Waals surface area contributed by atoms with Gasteiger partial charge in [-0.1, -0.05) is 0 Å². The molecule has 0 radical (unpaired) electrons. The number of thiophene rings is 1. The lowest BCUT2D eigenvalue weighted by atomic mass is 10.2. The topological polar surface area (TPSA) is 46.6 Å². The molecule has 4 nitrogen and oxygen atoms in total. The highest BCUT2D eigenvalue weighted by Gasteiger charge is 2.40. The summed E-state index contributed by atoms with van der Waals surface area (Å²) in [6.45, 7) is 2.79. The van der Waals surface area contributed by atoms with Crippen LogP contribution in [0.15, 0.2) is 11.0 Å². The van der Waals surface area contributed by atoms with Gasteiger partial charge in [0.25, 0.3) is 0 Å². The fourth-order valence-corrected chi connectivity index (χ4v) is 5.96. The number of sulfonamides is 1. The predicted molar refractivity (Wildman–Crippen MR) is 75.3 cm³/mol. The number of hydrogen-bond donors (Lipinski definition) is 0. The van der Waals surface area contributed by atoms with Crippen molar-refractivity contribution in [3.8, 4) is 0 Å². The Labute approximate surface area is 122 Å². The summed E-state index contributed by atoms with van der Waals surface area (Å²) in [5.41, 5.74) is 0. The van der Waals surface area contributed by atoms with Gasteiger partial charge < -0.3 is 4.74 Å². The van der Waals surface area contributed by atoms with E-state index in [-0.39, 0.29) is 12.2 Å². The van der Waals surface area contributed by atoms with Gasteiger partial charge in [0.2, 0.25) is 10.0 Å². The van der Waals surface area contributed by atoms with E-state index in [2.05, 4.69) is 0 Å². The minimum atomic E-state index is -3.40. The fraction of sp³-hybridized carbons (Fsp3) is 0.667. The van der Waals surface area contributed by atoms with Crippen molar-refractivity contribution in [1.29, 1.82) is 0 Å². The monoisotopic (exact) mass is 321 g/mol. The van der Waals surface area contributed by atoms with Crippen LogP contribution in [0.4, 0.5) is 0 Å². The Kier molecular flexibility index (Phi) is 3.64. The molecule has 0 N–H and O–H groups in total. The molecular weight excluding hydrogens is 306 g/mol. The molecule has 2 fully saturated rings. The number of rotatable bonds is 3. The van der Waals surface area contributed by atoms with Crippen LogP contribution in [-0.4, -0.2) is 38.0 Å². The summed E-state index contributed by atoms with van der Waals surface area (Å²) in [5.74, 6) is 0.357. The molecule has 0 spiro atoms. The lowest BCUT2D eigenvalue weighted by molar-refractivity contribution is -0.0114. The number of aryl methyl sites for hydroxylation is 1. The Balaban J connectivity index is 1.91. The first-order valence-corrected chi connectivity index (χ1v) is 9.10. The molecule has 2 aliphatic rings. The Morgan fingerprint density at radius 3 is 2.58 bits per heavy atom. The van der Waals surface area contributed by atoms with Crippen LogP contribution in [0.1, 0.15) is 22.6 Å². The SMILES string of the molecule is Cc1sc(CCl)cc1S(=O)(=O)N1CC2CCC(C1)O2. The molecule has 2 atom stereocenters. The summed E-state index contributed by atoms with van der Waals surface area (Å²) >= 11 is 7.24. The van der Waals surface area contributed by atoms with Crippen LogP contribution in [-0.2, 0) is 20.6 Å². The average molecular weight is 322 g/mol. The van der Waals surface area contributed by atoms with Crippen LogP contribution < -0.4 is 0 Å². The minimum absolute atomic E-state index is 0.0694. The van der Waals surface area contributed by atoms with Gasteiger partial charge in [0.05, 0.1) is 23.0 Å². The van der Waals surface area contributed by atoms with Crippen molar-refractivity contribution in [2.75, 3.05) is 13.1 Å². The van der Waals surface area contributed by atoms with E-state index in [1.807, 2.05) is 6.92 Å². The summed E-state index contributed by atoms with van der Waals surface area (Å²) in [6.07, 6.45) is 2.07. The van der Waals surface area contributed by atoms with Crippen LogP contribution >= 0.6 is 22.9 Å². The molecule has 106 valence electrons. The van der Waals surface area contributed by atoms with Gasteiger partial charge in [0.1, 0.15) is 0 Å². The molecule has 2 saturated heterocycles. The summed E-state index contributed by atoms with van der Waals surface area (Å²) in [5, 5.41) is 0. The summed E-state index contributed by atoms with van der Waals surface area (Å²) < 4.78 is 32.6. The molecule has 19 heavy (non-hydrogen) atoms. The van der Waals surface area contributed by atoms with Crippen molar-refractivity contribution in [3.63, 3.8) is 0 Å². The van der Waals surface area contributed by atoms with Crippen molar-refractivity contribution in [2.24, 2.45) is 0 Å². The van der Waals surface area contributed by atoms with E-state index in [1.165, 1.54) is 11.3 Å². The van der Waals surface area contributed by atoms with E-state index in [1.54, 1.807) is 10.4 Å². The third-order valence-electron chi connectivity index (χ3n) is 3.68. The second kappa shape index (κ2) is 5.00. The highest BCUT2D eigenvalue weighted by atomic mass is 35.5. The molecule has 0 saturated carbocycles. The molecule has 0 aliphatic carbocycles. The van der Waals surface area contributed by atoms with E-state index < -0.39 is 10.0 Å². The Morgan fingerprint density at radius 1 is 1.42 bits per heavy atom. The summed E-state index contributed by atoms with van der Waals surface area (Å²) in [4.78, 5) is 2.12. The maximum absolute atomic E-state index is 12.7. The van der Waals surface area contributed by atoms with Crippen molar-refractivity contribution in [1.82, 2.24) is 4.31 Å². The Bertz CT molecular complexity index is 572. The largest absolute Gasteiger partial charge is 0.372 e. The second-order valence-corrected chi connectivity index (χ2v) is 8.56. The summed E-state index contributed by atoms with van der Waals surface area (Å²) in [6, 6.07) is 1.71. The zero-order chi connectivity index (χ0) is 13.6. The number of morpholine rings is 1. The Hall–Kier alpha value is -0.140. The van der Waals surface area contributed by atoms with Crippen LogP contribution in [0.3, 0.4) is 0 Å². The predicted octanol–water partition coefficient (Wildman–Crippen LogP) is 2.35. The van der Waals surface area contributed by atoms with Gasteiger partial charge in [-0.2, -0.15) is 4.31 Å². The van der Waals surface area contributed by atoms with Gasteiger partial charge in [-0.05, 0) is 25.8 Å². The molecule has 2 aliphatic heterocycles. The van der Waals surface area contributed by atoms with Gasteiger partial charge in [-0.3, -0.25) is 0 Å². The molecule has 3 rings (SSSR count). The number of fused-ring (bicyclic) bond motifs is 2. The van der Waals surface area contributed by atoms with Crippen LogP contribution in [0.5, 0.6) is 0 Å². The minimum Gasteiger partial charge on any atom is -0.372 e. The first kappa shape index (κ1) is 13.8. The number of ether oxygens (including phenoxy) is 1. The van der Waals surface area contributed by atoms with Crippen LogP contribution in [0.25, 0.3) is 0 Å². The molecule has 2 bridgehead atoms. The lowest BCUT2D eigenvalue weighted by Crippen LogP contribution is -2.45. The zero-order valence-electron chi connectivity index (χ0n) is 10.6. The standard InChI is InChI=1S/C12H16ClNO3S2/c1-8-12(4-11(5-13)18-8)19(15,16)14-6-9-2-3-10(7-14)17-9/h4,9-10H,2-3,5-7H2,1H3. The molecular formula is C12H16ClNO3S2. The van der Waals surface area contributed by atoms with E-state index in [4.69, 9.17) is 16.3 Å². The third kappa shape index (κ3) is 2.45. The van der Waals surface area contributed by atoms with Crippen LogP contribution in [0, 0.1) is 6.92 Å². The van der Waals surface area contributed by atoms with Gasteiger partial charge in [0, 0.05) is 22.8 Å². The van der Waals surface area contributed by atoms with Gasteiger partial charge in [-0.15, -0.1) is 22.9 Å². The maximum atomic E-state index is 12.7. The second-order valence-electron chi connectivity index (χ2n) is 5.05. The van der Waals surface area contributed by atoms with E-state index in [0.717, 1.165) is 22.6 Å². The number of alkyl halides is 1. The smallest absolute Gasteiger partial charge is 0.244 e. The number of halogens is 1. The van der Waals surface area contributed by atoms with Crippen LogP contribution in [0.2, 0.25) is 0 Å². The first-order valence-electron chi connectivity index (χ1n) is 6.31. The molecule has 1 aromatic rings. The van der Waals surface area contributed by atoms with Crippen molar-refractivity contribution >= 4 is 33.0 Å². The fourth-order valence-electron chi connectivity index (χ4n) is 2.76. The molecule has 0 amide bonds. The molecule has 7 heteroatoms. The first-order chi connectivity index (χ1) is 9.00. The van der Waals surface area contributed by atoms with Crippen molar-refractivity contribution in [3.05, 3.63) is 15.8 Å². The van der Waals surface area contributed by atoms with Gasteiger partial charge in [-0.25, -0.2) is 8.42 Å². The summed E-state index contributed by atoms with van der Waals surface area (Å²) in [7, 11) is -3.40. The Morgan fingerprint density at radius 2 is 2.05 bits per heavy atom.